The van der Waals surface area contributed by atoms with Crippen molar-refractivity contribution in [2.45, 2.75) is 13.3 Å². The second-order valence-corrected chi connectivity index (χ2v) is 6.28. The molecule has 1 aromatic carbocycles. The lowest BCUT2D eigenvalue weighted by atomic mass is 10.1. The van der Waals surface area contributed by atoms with E-state index in [4.69, 9.17) is 0 Å². The van der Waals surface area contributed by atoms with Crippen LogP contribution in [0.2, 0.25) is 0 Å². The molecule has 28 heavy (non-hydrogen) atoms. The predicted octanol–water partition coefficient (Wildman–Crippen LogP) is 2.04. The lowest BCUT2D eigenvalue weighted by Crippen LogP contribution is -2.30. The normalized spacial score (nSPS) is 10.5. The Hall–Kier alpha value is -3.68. The number of H-pyrrole nitrogens is 1. The largest absolute Gasteiger partial charge is 0.493 e. The van der Waals surface area contributed by atoms with Gasteiger partial charge in [-0.15, -0.1) is 0 Å². The summed E-state index contributed by atoms with van der Waals surface area (Å²) >= 11 is 0. The van der Waals surface area contributed by atoms with E-state index in [2.05, 4.69) is 25.8 Å². The maximum Gasteiger partial charge on any atom is 0.271 e. The van der Waals surface area contributed by atoms with Gasteiger partial charge < -0.3 is 15.7 Å². The molecule has 0 fully saturated rings. The Morgan fingerprint density at radius 2 is 1.79 bits per heavy atom. The minimum atomic E-state index is -0.403. The van der Waals surface area contributed by atoms with Crippen LogP contribution in [-0.2, 0) is 0 Å². The number of nitrogens with zero attached hydrogens (tertiary/aromatic N) is 2. The summed E-state index contributed by atoms with van der Waals surface area (Å²) in [6, 6.07) is 12.9. The molecule has 4 N–H and O–H groups in total. The summed E-state index contributed by atoms with van der Waals surface area (Å²) in [5, 5.41) is 22.0. The third-order valence-corrected chi connectivity index (χ3v) is 4.07. The number of nitrogens with one attached hydrogen (secondary N) is 3. The van der Waals surface area contributed by atoms with Crippen molar-refractivity contribution in [2.24, 2.45) is 0 Å². The first kappa shape index (κ1) is 19.1. The summed E-state index contributed by atoms with van der Waals surface area (Å²) in [6.07, 6.45) is 2.02. The van der Waals surface area contributed by atoms with Gasteiger partial charge in [0.2, 0.25) is 5.88 Å². The molecule has 0 radical (unpaired) electrons. The SMILES string of the molecule is Cc1cnc(O)c(C(=O)NCCCNC(=O)c2cc(-c3ccccc3)[nH]n2)c1. The molecule has 2 aromatic heterocycles. The fourth-order valence-electron chi connectivity index (χ4n) is 2.61. The average Bonchev–Trinajstić information content (AvgIpc) is 3.20. The first-order chi connectivity index (χ1) is 13.5. The Morgan fingerprint density at radius 3 is 2.54 bits per heavy atom. The molecule has 3 rings (SSSR count). The van der Waals surface area contributed by atoms with E-state index in [0.29, 0.717) is 25.2 Å². The highest BCUT2D eigenvalue weighted by Gasteiger charge is 2.13. The fourth-order valence-corrected chi connectivity index (χ4v) is 2.61. The molecule has 144 valence electrons. The number of aromatic nitrogens is 3. The zero-order chi connectivity index (χ0) is 19.9. The molecule has 2 amide bonds. The summed E-state index contributed by atoms with van der Waals surface area (Å²) in [5.74, 6) is -0.991. The molecule has 0 aliphatic carbocycles. The van der Waals surface area contributed by atoms with Crippen LogP contribution in [-0.4, -0.2) is 45.2 Å². The van der Waals surface area contributed by atoms with Crippen molar-refractivity contribution in [3.8, 4) is 17.1 Å². The highest BCUT2D eigenvalue weighted by molar-refractivity contribution is 5.96. The van der Waals surface area contributed by atoms with Gasteiger partial charge in [0.05, 0.1) is 5.69 Å². The number of amides is 2. The average molecular weight is 379 g/mol. The van der Waals surface area contributed by atoms with Gasteiger partial charge >= 0.3 is 0 Å². The predicted molar refractivity (Wildman–Crippen MR) is 104 cm³/mol. The number of hydrogen-bond acceptors (Lipinski definition) is 5. The Labute approximate surface area is 162 Å². The molecule has 0 spiro atoms. The van der Waals surface area contributed by atoms with Crippen molar-refractivity contribution < 1.29 is 14.7 Å². The van der Waals surface area contributed by atoms with Crippen molar-refractivity contribution >= 4 is 11.8 Å². The number of pyridine rings is 1. The first-order valence-electron chi connectivity index (χ1n) is 8.87. The summed E-state index contributed by atoms with van der Waals surface area (Å²) < 4.78 is 0. The van der Waals surface area contributed by atoms with Crippen LogP contribution in [0, 0.1) is 6.92 Å². The number of aromatic hydroxyl groups is 1. The molecule has 0 saturated heterocycles. The van der Waals surface area contributed by atoms with E-state index < -0.39 is 5.91 Å². The van der Waals surface area contributed by atoms with Gasteiger partial charge in [-0.25, -0.2) is 4.98 Å². The van der Waals surface area contributed by atoms with Crippen LogP contribution in [0.5, 0.6) is 5.88 Å². The van der Waals surface area contributed by atoms with Gasteiger partial charge in [0.25, 0.3) is 11.8 Å². The molecular weight excluding hydrogens is 358 g/mol. The Morgan fingerprint density at radius 1 is 1.07 bits per heavy atom. The van der Waals surface area contributed by atoms with Crippen LogP contribution in [0.3, 0.4) is 0 Å². The van der Waals surface area contributed by atoms with E-state index in [1.54, 1.807) is 19.1 Å². The van der Waals surface area contributed by atoms with Crippen LogP contribution >= 0.6 is 0 Å². The second kappa shape index (κ2) is 8.81. The number of benzene rings is 1. The lowest BCUT2D eigenvalue weighted by molar-refractivity contribution is 0.0947. The summed E-state index contributed by atoms with van der Waals surface area (Å²) in [4.78, 5) is 28.0. The number of rotatable bonds is 7. The second-order valence-electron chi connectivity index (χ2n) is 6.28. The van der Waals surface area contributed by atoms with Crippen LogP contribution in [0.25, 0.3) is 11.3 Å². The molecule has 2 heterocycles. The van der Waals surface area contributed by atoms with E-state index in [0.717, 1.165) is 16.8 Å². The van der Waals surface area contributed by atoms with Gasteiger partial charge in [-0.2, -0.15) is 5.10 Å². The quantitative estimate of drug-likeness (QED) is 0.468. The molecule has 3 aromatic rings. The van der Waals surface area contributed by atoms with E-state index >= 15 is 0 Å². The van der Waals surface area contributed by atoms with E-state index in [1.165, 1.54) is 6.20 Å². The number of aryl methyl sites for hydroxylation is 1. The van der Waals surface area contributed by atoms with Crippen LogP contribution in [0.1, 0.15) is 32.8 Å². The van der Waals surface area contributed by atoms with Crippen molar-refractivity contribution in [2.75, 3.05) is 13.1 Å². The van der Waals surface area contributed by atoms with Crippen LogP contribution in [0.4, 0.5) is 0 Å². The van der Waals surface area contributed by atoms with Crippen molar-refractivity contribution in [3.05, 3.63) is 65.5 Å². The van der Waals surface area contributed by atoms with E-state index in [9.17, 15) is 14.7 Å². The molecule has 0 bridgehead atoms. The lowest BCUT2D eigenvalue weighted by Gasteiger charge is -2.07. The highest BCUT2D eigenvalue weighted by Crippen LogP contribution is 2.17. The third kappa shape index (κ3) is 4.73. The maximum absolute atomic E-state index is 12.2. The van der Waals surface area contributed by atoms with Gasteiger partial charge in [-0.1, -0.05) is 30.3 Å². The Balaban J connectivity index is 1.43. The Kier molecular flexibility index (Phi) is 6.01. The van der Waals surface area contributed by atoms with Gasteiger partial charge in [0, 0.05) is 19.3 Å². The minimum absolute atomic E-state index is 0.133. The zero-order valence-electron chi connectivity index (χ0n) is 15.4. The topological polar surface area (TPSA) is 120 Å². The first-order valence-corrected chi connectivity index (χ1v) is 8.87. The fraction of sp³-hybridized carbons (Fsp3) is 0.200. The zero-order valence-corrected chi connectivity index (χ0v) is 15.4. The van der Waals surface area contributed by atoms with E-state index in [-0.39, 0.29) is 17.4 Å². The number of carbonyl (C=O) groups is 2. The molecule has 0 aliphatic rings. The summed E-state index contributed by atoms with van der Waals surface area (Å²) in [7, 11) is 0. The smallest absolute Gasteiger partial charge is 0.271 e. The van der Waals surface area contributed by atoms with Gasteiger partial charge in [0.1, 0.15) is 5.56 Å². The van der Waals surface area contributed by atoms with E-state index in [1.807, 2.05) is 30.3 Å². The highest BCUT2D eigenvalue weighted by atomic mass is 16.3. The van der Waals surface area contributed by atoms with Crippen molar-refractivity contribution in [1.29, 1.82) is 0 Å². The van der Waals surface area contributed by atoms with Gasteiger partial charge in [-0.05, 0) is 36.6 Å². The monoisotopic (exact) mass is 379 g/mol. The molecular formula is C20H21N5O3. The van der Waals surface area contributed by atoms with Crippen LogP contribution in [0.15, 0.2) is 48.7 Å². The van der Waals surface area contributed by atoms with Gasteiger partial charge in [0.15, 0.2) is 5.69 Å². The van der Waals surface area contributed by atoms with Gasteiger partial charge in [-0.3, -0.25) is 14.7 Å². The number of aromatic amines is 1. The van der Waals surface area contributed by atoms with Crippen molar-refractivity contribution in [1.82, 2.24) is 25.8 Å². The molecule has 0 unspecified atom stereocenters. The molecule has 0 atom stereocenters. The third-order valence-electron chi connectivity index (χ3n) is 4.07. The number of hydrogen-bond donors (Lipinski definition) is 4. The standard InChI is InChI=1S/C20H21N5O3/c1-13-10-15(19(27)23-12-13)18(26)21-8-5-9-22-20(28)17-11-16(24-25-17)14-6-3-2-4-7-14/h2-4,6-7,10-12H,5,8-9H2,1H3,(H,21,26)(H,22,28)(H,23,27)(H,24,25). The number of carbonyl (C=O) groups excluding carboxylic acids is 2. The van der Waals surface area contributed by atoms with Crippen LogP contribution < -0.4 is 10.6 Å². The molecule has 8 nitrogen and oxygen atoms in total. The summed E-state index contributed by atoms with van der Waals surface area (Å²) in [6.45, 7) is 2.52. The Bertz CT molecular complexity index is 969. The molecule has 8 heteroatoms. The summed E-state index contributed by atoms with van der Waals surface area (Å²) in [5.41, 5.74) is 2.94. The van der Waals surface area contributed by atoms with Crippen molar-refractivity contribution in [3.63, 3.8) is 0 Å². The maximum atomic E-state index is 12.2. The molecule has 0 aliphatic heterocycles. The minimum Gasteiger partial charge on any atom is -0.493 e. The molecule has 0 saturated carbocycles.